The molecule has 0 aliphatic heterocycles. The summed E-state index contributed by atoms with van der Waals surface area (Å²) in [5, 5.41) is 7.22. The van der Waals surface area contributed by atoms with E-state index >= 15 is 0 Å². The fourth-order valence-electron chi connectivity index (χ4n) is 4.89. The summed E-state index contributed by atoms with van der Waals surface area (Å²) in [6, 6.07) is 38.3. The third kappa shape index (κ3) is 2.85. The van der Waals surface area contributed by atoms with E-state index in [1.165, 1.54) is 21.5 Å². The summed E-state index contributed by atoms with van der Waals surface area (Å²) >= 11 is 0. The Hall–Kier alpha value is -4.43. The first kappa shape index (κ1) is 18.2. The van der Waals surface area contributed by atoms with Crippen molar-refractivity contribution in [3.05, 3.63) is 115 Å². The van der Waals surface area contributed by atoms with Crippen LogP contribution in [0.4, 0.5) is 0 Å². The summed E-state index contributed by atoms with van der Waals surface area (Å²) in [6.07, 6.45) is 1.91. The molecule has 0 N–H and O–H groups in total. The molecule has 0 aliphatic rings. The number of nitrogens with zero attached hydrogens (tertiary/aromatic N) is 1. The Bertz CT molecular complexity index is 1810. The van der Waals surface area contributed by atoms with E-state index < -0.39 is 0 Å². The van der Waals surface area contributed by atoms with E-state index in [0.29, 0.717) is 0 Å². The van der Waals surface area contributed by atoms with Crippen molar-refractivity contribution in [1.29, 1.82) is 0 Å². The number of benzene rings is 5. The Morgan fingerprint density at radius 2 is 1.15 bits per heavy atom. The topological polar surface area (TPSA) is 26.0 Å². The molecule has 2 aromatic heterocycles. The second-order valence-electron chi connectivity index (χ2n) is 8.43. The van der Waals surface area contributed by atoms with E-state index in [1.54, 1.807) is 0 Å². The summed E-state index contributed by atoms with van der Waals surface area (Å²) in [5.74, 6) is 0. The van der Waals surface area contributed by atoms with Crippen LogP contribution in [0.5, 0.6) is 0 Å². The van der Waals surface area contributed by atoms with Crippen LogP contribution in [0, 0.1) is 0 Å². The van der Waals surface area contributed by atoms with Gasteiger partial charge >= 0.3 is 0 Å². The molecule has 33 heavy (non-hydrogen) atoms. The van der Waals surface area contributed by atoms with Gasteiger partial charge < -0.3 is 4.42 Å². The molecule has 7 aromatic rings. The highest BCUT2D eigenvalue weighted by atomic mass is 16.3. The van der Waals surface area contributed by atoms with Crippen molar-refractivity contribution in [1.82, 2.24) is 4.98 Å². The van der Waals surface area contributed by atoms with E-state index in [2.05, 4.69) is 91.0 Å². The van der Waals surface area contributed by atoms with E-state index in [0.717, 1.165) is 44.3 Å². The molecular weight excluding hydrogens is 402 g/mol. The van der Waals surface area contributed by atoms with Crippen LogP contribution in [0.15, 0.2) is 120 Å². The van der Waals surface area contributed by atoms with Gasteiger partial charge in [-0.05, 0) is 51.6 Å². The van der Waals surface area contributed by atoms with Crippen LogP contribution in [-0.2, 0) is 0 Å². The molecule has 5 aromatic carbocycles. The quantitative estimate of drug-likeness (QED) is 0.261. The largest absolute Gasteiger partial charge is 0.456 e. The van der Waals surface area contributed by atoms with Gasteiger partial charge in [-0.3, -0.25) is 4.98 Å². The van der Waals surface area contributed by atoms with Crippen molar-refractivity contribution in [3.8, 4) is 22.4 Å². The van der Waals surface area contributed by atoms with Gasteiger partial charge in [-0.2, -0.15) is 0 Å². The first-order chi connectivity index (χ1) is 16.3. The van der Waals surface area contributed by atoms with E-state index in [-0.39, 0.29) is 0 Å². The normalized spacial score (nSPS) is 11.6. The summed E-state index contributed by atoms with van der Waals surface area (Å²) in [6.45, 7) is 0. The number of fused-ring (bicyclic) bond motifs is 6. The van der Waals surface area contributed by atoms with Gasteiger partial charge in [0.15, 0.2) is 0 Å². The number of furan rings is 1. The summed E-state index contributed by atoms with van der Waals surface area (Å²) in [4.78, 5) is 4.74. The Morgan fingerprint density at radius 3 is 2.06 bits per heavy atom. The molecule has 0 unspecified atom stereocenters. The number of rotatable bonds is 2. The third-order valence-corrected chi connectivity index (χ3v) is 6.54. The molecule has 0 aliphatic carbocycles. The number of hydrogen-bond acceptors (Lipinski definition) is 2. The monoisotopic (exact) mass is 421 g/mol. The molecule has 0 saturated heterocycles. The van der Waals surface area contributed by atoms with Gasteiger partial charge in [-0.15, -0.1) is 0 Å². The zero-order valence-electron chi connectivity index (χ0n) is 17.8. The van der Waals surface area contributed by atoms with Crippen LogP contribution in [0.25, 0.3) is 65.9 Å². The van der Waals surface area contributed by atoms with Gasteiger partial charge in [0.1, 0.15) is 11.2 Å². The smallest absolute Gasteiger partial charge is 0.136 e. The predicted molar refractivity (Wildman–Crippen MR) is 137 cm³/mol. The predicted octanol–water partition coefficient (Wildman–Crippen LogP) is 8.62. The first-order valence-corrected chi connectivity index (χ1v) is 11.1. The minimum Gasteiger partial charge on any atom is -0.456 e. The maximum atomic E-state index is 6.08. The molecule has 2 heterocycles. The highest BCUT2D eigenvalue weighted by Crippen LogP contribution is 2.34. The van der Waals surface area contributed by atoms with Gasteiger partial charge in [0.2, 0.25) is 0 Å². The average molecular weight is 421 g/mol. The molecule has 154 valence electrons. The highest BCUT2D eigenvalue weighted by Gasteiger charge is 2.10. The van der Waals surface area contributed by atoms with Crippen molar-refractivity contribution < 1.29 is 4.42 Å². The molecule has 0 fully saturated rings. The number of aromatic nitrogens is 1. The zero-order chi connectivity index (χ0) is 21.8. The number of para-hydroxylation sites is 1. The van der Waals surface area contributed by atoms with Crippen LogP contribution in [0.2, 0.25) is 0 Å². The molecule has 2 heteroatoms. The maximum Gasteiger partial charge on any atom is 0.136 e. The fourth-order valence-corrected chi connectivity index (χ4v) is 4.89. The Labute approximate surface area is 190 Å². The maximum absolute atomic E-state index is 6.08. The van der Waals surface area contributed by atoms with Gasteiger partial charge in [0.25, 0.3) is 0 Å². The molecule has 0 spiro atoms. The standard InChI is InChI=1S/C31H19NO/c1-2-6-24-21(5-1)13-16-28-25(24)17-18-32-31(28)22-11-9-20(10-12-22)23-14-15-27-26-7-3-4-8-29(26)33-30(27)19-23/h1-19H. The van der Waals surface area contributed by atoms with Crippen LogP contribution >= 0.6 is 0 Å². The molecule has 0 bridgehead atoms. The fraction of sp³-hybridized carbons (Fsp3) is 0. The van der Waals surface area contributed by atoms with Crippen LogP contribution < -0.4 is 0 Å². The molecule has 0 saturated carbocycles. The summed E-state index contributed by atoms with van der Waals surface area (Å²) in [7, 11) is 0. The highest BCUT2D eigenvalue weighted by molar-refractivity contribution is 6.11. The van der Waals surface area contributed by atoms with Gasteiger partial charge in [0, 0.05) is 27.9 Å². The van der Waals surface area contributed by atoms with E-state index in [4.69, 9.17) is 9.40 Å². The molecule has 0 radical (unpaired) electrons. The lowest BCUT2D eigenvalue weighted by molar-refractivity contribution is 0.669. The molecule has 7 rings (SSSR count). The van der Waals surface area contributed by atoms with Crippen LogP contribution in [0.1, 0.15) is 0 Å². The number of pyridine rings is 1. The molecule has 0 amide bonds. The third-order valence-electron chi connectivity index (χ3n) is 6.54. The van der Waals surface area contributed by atoms with Gasteiger partial charge in [-0.25, -0.2) is 0 Å². The SMILES string of the molecule is c1ccc2c(c1)ccc1c(-c3ccc(-c4ccc5c(c4)oc4ccccc45)cc3)nccc12. The van der Waals surface area contributed by atoms with Crippen molar-refractivity contribution in [2.24, 2.45) is 0 Å². The van der Waals surface area contributed by atoms with Crippen molar-refractivity contribution >= 4 is 43.5 Å². The van der Waals surface area contributed by atoms with Crippen LogP contribution in [0.3, 0.4) is 0 Å². The number of hydrogen-bond donors (Lipinski definition) is 0. The lowest BCUT2D eigenvalue weighted by atomic mass is 9.97. The van der Waals surface area contributed by atoms with Crippen LogP contribution in [-0.4, -0.2) is 4.98 Å². The van der Waals surface area contributed by atoms with Crippen molar-refractivity contribution in [2.45, 2.75) is 0 Å². The first-order valence-electron chi connectivity index (χ1n) is 11.1. The van der Waals surface area contributed by atoms with Crippen molar-refractivity contribution in [3.63, 3.8) is 0 Å². The second-order valence-corrected chi connectivity index (χ2v) is 8.43. The minimum atomic E-state index is 0.917. The molecule has 2 nitrogen and oxygen atoms in total. The average Bonchev–Trinajstić information content (AvgIpc) is 3.26. The second kappa shape index (κ2) is 7.04. The molecule has 0 atom stereocenters. The van der Waals surface area contributed by atoms with E-state index in [9.17, 15) is 0 Å². The molecular formula is C31H19NO. The lowest BCUT2D eigenvalue weighted by Crippen LogP contribution is -1.87. The zero-order valence-corrected chi connectivity index (χ0v) is 17.8. The summed E-state index contributed by atoms with van der Waals surface area (Å²) < 4.78 is 6.08. The lowest BCUT2D eigenvalue weighted by Gasteiger charge is -2.09. The minimum absolute atomic E-state index is 0.917. The van der Waals surface area contributed by atoms with E-state index in [1.807, 2.05) is 24.4 Å². The summed E-state index contributed by atoms with van der Waals surface area (Å²) in [5.41, 5.74) is 6.27. The van der Waals surface area contributed by atoms with Gasteiger partial charge in [-0.1, -0.05) is 84.9 Å². The van der Waals surface area contributed by atoms with Crippen molar-refractivity contribution in [2.75, 3.05) is 0 Å². The van der Waals surface area contributed by atoms with Gasteiger partial charge in [0.05, 0.1) is 5.69 Å². The Morgan fingerprint density at radius 1 is 0.455 bits per heavy atom. The Kier molecular flexibility index (Phi) is 3.88. The Balaban J connectivity index is 1.32.